The summed E-state index contributed by atoms with van der Waals surface area (Å²) >= 11 is 0. The van der Waals surface area contributed by atoms with E-state index >= 15 is 0 Å². The topological polar surface area (TPSA) is 89.7 Å². The van der Waals surface area contributed by atoms with Gasteiger partial charge in [0.1, 0.15) is 5.39 Å². The Labute approximate surface area is 139 Å². The zero-order valence-corrected chi connectivity index (χ0v) is 13.3. The maximum Gasteiger partial charge on any atom is 0.263 e. The van der Waals surface area contributed by atoms with E-state index < -0.39 is 0 Å². The van der Waals surface area contributed by atoms with Crippen LogP contribution in [0.5, 0.6) is 0 Å². The van der Waals surface area contributed by atoms with Gasteiger partial charge in [-0.3, -0.25) is 19.8 Å². The van der Waals surface area contributed by atoms with Crippen LogP contribution in [0.25, 0.3) is 11.0 Å². The van der Waals surface area contributed by atoms with Crippen LogP contribution in [-0.4, -0.2) is 44.2 Å². The van der Waals surface area contributed by atoms with Gasteiger partial charge in [0.2, 0.25) is 5.95 Å². The Kier molecular flexibility index (Phi) is 4.00. The number of anilines is 1. The molecule has 1 saturated heterocycles. The number of hydrogen-bond acceptors (Lipinski definition) is 5. The number of rotatable bonds is 4. The van der Waals surface area contributed by atoms with E-state index in [0.717, 1.165) is 32.5 Å². The molecular formula is C17H20N6O. The fourth-order valence-electron chi connectivity index (χ4n) is 3.18. The molecule has 1 aliphatic heterocycles. The average Bonchev–Trinajstić information content (AvgIpc) is 3.07. The zero-order valence-electron chi connectivity index (χ0n) is 13.3. The van der Waals surface area contributed by atoms with E-state index in [9.17, 15) is 4.79 Å². The van der Waals surface area contributed by atoms with Gasteiger partial charge >= 0.3 is 0 Å². The van der Waals surface area contributed by atoms with E-state index in [1.54, 1.807) is 0 Å². The fourth-order valence-corrected chi connectivity index (χ4v) is 3.18. The standard InChI is InChI=1S/C17H20N6O/c24-16-14-10-18-22-15(14)20-17(21-16)19-13-6-8-23(9-7-13)11-12-4-2-1-3-5-12/h1-5,10,13H,6-9,11H2,(H3,18,19,20,21,22,24). The highest BCUT2D eigenvalue weighted by molar-refractivity contribution is 5.73. The first-order chi connectivity index (χ1) is 11.8. The van der Waals surface area contributed by atoms with E-state index in [-0.39, 0.29) is 5.56 Å². The van der Waals surface area contributed by atoms with Gasteiger partial charge < -0.3 is 5.32 Å². The van der Waals surface area contributed by atoms with Crippen LogP contribution < -0.4 is 10.9 Å². The van der Waals surface area contributed by atoms with Crippen LogP contribution in [0.3, 0.4) is 0 Å². The van der Waals surface area contributed by atoms with Crippen LogP contribution >= 0.6 is 0 Å². The number of nitrogens with one attached hydrogen (secondary N) is 3. The molecule has 2 aromatic heterocycles. The number of H-pyrrole nitrogens is 2. The molecule has 1 aliphatic rings. The SMILES string of the molecule is O=c1[nH]c(NC2CCN(Cc3ccccc3)CC2)nc2[nH]ncc12. The van der Waals surface area contributed by atoms with Gasteiger partial charge in [-0.15, -0.1) is 0 Å². The molecule has 0 saturated carbocycles. The van der Waals surface area contributed by atoms with Crippen molar-refractivity contribution in [3.05, 3.63) is 52.4 Å². The third-order valence-corrected chi connectivity index (χ3v) is 4.50. The molecule has 7 nitrogen and oxygen atoms in total. The first-order valence-electron chi connectivity index (χ1n) is 8.24. The third kappa shape index (κ3) is 3.16. The number of piperidine rings is 1. The number of aromatic amines is 2. The summed E-state index contributed by atoms with van der Waals surface area (Å²) in [6.45, 7) is 3.05. The second-order valence-corrected chi connectivity index (χ2v) is 6.23. The van der Waals surface area contributed by atoms with E-state index in [0.29, 0.717) is 23.0 Å². The smallest absolute Gasteiger partial charge is 0.263 e. The minimum Gasteiger partial charge on any atom is -0.353 e. The van der Waals surface area contributed by atoms with Crippen LogP contribution in [0.4, 0.5) is 5.95 Å². The summed E-state index contributed by atoms with van der Waals surface area (Å²) in [6.07, 6.45) is 3.54. The Hall–Kier alpha value is -2.67. The van der Waals surface area contributed by atoms with Crippen LogP contribution in [0.1, 0.15) is 18.4 Å². The quantitative estimate of drug-likeness (QED) is 0.680. The molecule has 0 amide bonds. The van der Waals surface area contributed by atoms with Gasteiger partial charge in [-0.25, -0.2) is 0 Å². The molecule has 0 bridgehead atoms. The Morgan fingerprint density at radius 2 is 2.00 bits per heavy atom. The first kappa shape index (κ1) is 14.9. The van der Waals surface area contributed by atoms with Crippen molar-refractivity contribution in [2.24, 2.45) is 0 Å². The van der Waals surface area contributed by atoms with Crippen molar-refractivity contribution in [2.75, 3.05) is 18.4 Å². The zero-order chi connectivity index (χ0) is 16.4. The van der Waals surface area contributed by atoms with Crippen molar-refractivity contribution in [3.8, 4) is 0 Å². The molecule has 3 aromatic rings. The largest absolute Gasteiger partial charge is 0.353 e. The molecule has 0 atom stereocenters. The van der Waals surface area contributed by atoms with Crippen LogP contribution in [0.2, 0.25) is 0 Å². The number of likely N-dealkylation sites (tertiary alicyclic amines) is 1. The highest BCUT2D eigenvalue weighted by Gasteiger charge is 2.20. The van der Waals surface area contributed by atoms with Crippen LogP contribution in [0, 0.1) is 0 Å². The van der Waals surface area contributed by atoms with Crippen molar-refractivity contribution in [3.63, 3.8) is 0 Å². The highest BCUT2D eigenvalue weighted by Crippen LogP contribution is 2.16. The number of nitrogens with zero attached hydrogens (tertiary/aromatic N) is 3. The summed E-state index contributed by atoms with van der Waals surface area (Å²) in [6, 6.07) is 10.9. The summed E-state index contributed by atoms with van der Waals surface area (Å²) in [4.78, 5) is 21.6. The molecule has 24 heavy (non-hydrogen) atoms. The summed E-state index contributed by atoms with van der Waals surface area (Å²) in [5.41, 5.74) is 1.69. The van der Waals surface area contributed by atoms with Crippen LogP contribution in [-0.2, 0) is 6.54 Å². The number of benzene rings is 1. The molecule has 0 aliphatic carbocycles. The molecule has 0 spiro atoms. The molecule has 7 heteroatoms. The predicted molar refractivity (Wildman–Crippen MR) is 92.9 cm³/mol. The average molecular weight is 324 g/mol. The van der Waals surface area contributed by atoms with Gasteiger partial charge in [0, 0.05) is 25.7 Å². The second-order valence-electron chi connectivity index (χ2n) is 6.23. The van der Waals surface area contributed by atoms with Gasteiger partial charge in [0.05, 0.1) is 6.20 Å². The van der Waals surface area contributed by atoms with Gasteiger partial charge in [-0.05, 0) is 18.4 Å². The van der Waals surface area contributed by atoms with Crippen LogP contribution in [0.15, 0.2) is 41.3 Å². The van der Waals surface area contributed by atoms with Crippen molar-refractivity contribution < 1.29 is 0 Å². The van der Waals surface area contributed by atoms with E-state index in [1.165, 1.54) is 11.8 Å². The Morgan fingerprint density at radius 1 is 1.21 bits per heavy atom. The lowest BCUT2D eigenvalue weighted by atomic mass is 10.0. The summed E-state index contributed by atoms with van der Waals surface area (Å²) in [5, 5.41) is 10.4. The molecule has 3 heterocycles. The van der Waals surface area contributed by atoms with Crippen molar-refractivity contribution in [1.82, 2.24) is 25.1 Å². The van der Waals surface area contributed by atoms with Crippen molar-refractivity contribution in [2.45, 2.75) is 25.4 Å². The molecular weight excluding hydrogens is 304 g/mol. The normalized spacial score (nSPS) is 16.5. The van der Waals surface area contributed by atoms with Crippen molar-refractivity contribution >= 4 is 17.0 Å². The maximum absolute atomic E-state index is 12.0. The first-order valence-corrected chi connectivity index (χ1v) is 8.24. The number of fused-ring (bicyclic) bond motifs is 1. The lowest BCUT2D eigenvalue weighted by molar-refractivity contribution is 0.211. The molecule has 4 rings (SSSR count). The summed E-state index contributed by atoms with van der Waals surface area (Å²) in [5.74, 6) is 0.512. The Morgan fingerprint density at radius 3 is 2.79 bits per heavy atom. The second kappa shape index (κ2) is 6.45. The maximum atomic E-state index is 12.0. The van der Waals surface area contributed by atoms with E-state index in [2.05, 4.69) is 54.6 Å². The number of hydrogen-bond donors (Lipinski definition) is 3. The lowest BCUT2D eigenvalue weighted by Gasteiger charge is -2.32. The predicted octanol–water partition coefficient (Wildman–Crippen LogP) is 1.72. The summed E-state index contributed by atoms with van der Waals surface area (Å²) < 4.78 is 0. The van der Waals surface area contributed by atoms with E-state index in [4.69, 9.17) is 0 Å². The Balaban J connectivity index is 1.36. The fraction of sp³-hybridized carbons (Fsp3) is 0.353. The molecule has 1 fully saturated rings. The molecule has 0 radical (unpaired) electrons. The minimum absolute atomic E-state index is 0.169. The molecule has 124 valence electrons. The van der Waals surface area contributed by atoms with Gasteiger partial charge in [0.15, 0.2) is 5.65 Å². The number of aromatic nitrogens is 4. The van der Waals surface area contributed by atoms with Gasteiger partial charge in [0.25, 0.3) is 5.56 Å². The van der Waals surface area contributed by atoms with E-state index in [1.807, 2.05) is 6.07 Å². The van der Waals surface area contributed by atoms with Crippen molar-refractivity contribution in [1.29, 1.82) is 0 Å². The monoisotopic (exact) mass is 324 g/mol. The van der Waals surface area contributed by atoms with Gasteiger partial charge in [-0.1, -0.05) is 30.3 Å². The highest BCUT2D eigenvalue weighted by atomic mass is 16.1. The Bertz CT molecular complexity index is 863. The molecule has 3 N–H and O–H groups in total. The van der Waals surface area contributed by atoms with Gasteiger partial charge in [-0.2, -0.15) is 10.1 Å². The third-order valence-electron chi connectivity index (χ3n) is 4.50. The molecule has 1 aromatic carbocycles. The lowest BCUT2D eigenvalue weighted by Crippen LogP contribution is -2.39. The summed E-state index contributed by atoms with van der Waals surface area (Å²) in [7, 11) is 0. The molecule has 0 unspecified atom stereocenters. The minimum atomic E-state index is -0.169.